The second-order valence-corrected chi connectivity index (χ2v) is 9.11. The van der Waals surface area contributed by atoms with E-state index in [2.05, 4.69) is 33.4 Å². The number of hydrogen-bond acceptors (Lipinski definition) is 3. The molecule has 2 atom stereocenters. The molecule has 1 saturated heterocycles. The number of aryl methyl sites for hydroxylation is 1. The molecule has 0 radical (unpaired) electrons. The summed E-state index contributed by atoms with van der Waals surface area (Å²) >= 11 is 5.83. The van der Waals surface area contributed by atoms with Gasteiger partial charge in [0.25, 0.3) is 0 Å². The number of rotatable bonds is 6. The van der Waals surface area contributed by atoms with Gasteiger partial charge in [-0.25, -0.2) is 4.79 Å². The largest absolute Gasteiger partial charge is 0.478 e. The van der Waals surface area contributed by atoms with Crippen molar-refractivity contribution in [3.8, 4) is 5.69 Å². The maximum atomic E-state index is 12.0. The Morgan fingerprint density at radius 3 is 2.46 bits per heavy atom. The topological polar surface area (TPSA) is 70.4 Å². The Morgan fingerprint density at radius 2 is 1.74 bits per heavy atom. The van der Waals surface area contributed by atoms with Crippen molar-refractivity contribution in [1.29, 1.82) is 0 Å². The fraction of sp³-hybridized carbons (Fsp3) is 0.179. The maximum Gasteiger partial charge on any atom is 0.337 e. The summed E-state index contributed by atoms with van der Waals surface area (Å²) in [6, 6.07) is 25.1. The molecular weight excluding hydrogens is 456 g/mol. The minimum absolute atomic E-state index is 0.116. The van der Waals surface area contributed by atoms with Gasteiger partial charge in [0.2, 0.25) is 0 Å². The van der Waals surface area contributed by atoms with Crippen LogP contribution in [0, 0.1) is 13.8 Å². The molecule has 176 valence electrons. The molecule has 1 fully saturated rings. The molecule has 7 heteroatoms. The van der Waals surface area contributed by atoms with Crippen LogP contribution in [0.4, 0.5) is 0 Å². The summed E-state index contributed by atoms with van der Waals surface area (Å²) in [6.45, 7) is 4.70. The zero-order valence-electron chi connectivity index (χ0n) is 19.6. The van der Waals surface area contributed by atoms with E-state index in [0.29, 0.717) is 17.3 Å². The van der Waals surface area contributed by atoms with Gasteiger partial charge in [-0.05, 0) is 67.5 Å². The summed E-state index contributed by atoms with van der Waals surface area (Å²) in [5.41, 5.74) is 6.01. The van der Waals surface area contributed by atoms with Crippen LogP contribution >= 0.6 is 12.2 Å². The molecule has 3 heterocycles. The number of aromatic nitrogens is 2. The summed E-state index contributed by atoms with van der Waals surface area (Å²) in [5, 5.41) is 14.0. The Bertz CT molecular complexity index is 1380. The first-order valence-electron chi connectivity index (χ1n) is 11.5. The summed E-state index contributed by atoms with van der Waals surface area (Å²) in [5.74, 6) is -0.949. The third-order valence-electron chi connectivity index (χ3n) is 6.56. The van der Waals surface area contributed by atoms with Crippen LogP contribution in [0.5, 0.6) is 0 Å². The minimum Gasteiger partial charge on any atom is -0.478 e. The fourth-order valence-electron chi connectivity index (χ4n) is 5.00. The van der Waals surface area contributed by atoms with E-state index in [4.69, 9.17) is 12.2 Å². The van der Waals surface area contributed by atoms with E-state index >= 15 is 0 Å². The number of carbonyl (C=O) groups is 1. The molecule has 0 aliphatic carbocycles. The van der Waals surface area contributed by atoms with E-state index in [1.54, 1.807) is 18.3 Å². The van der Waals surface area contributed by atoms with E-state index in [-0.39, 0.29) is 17.6 Å². The predicted octanol–water partition coefficient (Wildman–Crippen LogP) is 5.36. The molecule has 35 heavy (non-hydrogen) atoms. The van der Waals surface area contributed by atoms with Crippen LogP contribution in [-0.4, -0.2) is 30.6 Å². The van der Waals surface area contributed by atoms with E-state index in [9.17, 15) is 9.90 Å². The number of carboxylic acid groups (broad SMARTS) is 1. The van der Waals surface area contributed by atoms with E-state index < -0.39 is 5.97 Å². The van der Waals surface area contributed by atoms with Crippen molar-refractivity contribution in [2.45, 2.75) is 32.5 Å². The molecule has 5 rings (SSSR count). The number of benzene rings is 2. The number of pyridine rings is 1. The van der Waals surface area contributed by atoms with Crippen molar-refractivity contribution in [2.24, 2.45) is 0 Å². The van der Waals surface area contributed by atoms with Crippen molar-refractivity contribution in [1.82, 2.24) is 19.8 Å². The summed E-state index contributed by atoms with van der Waals surface area (Å²) in [4.78, 5) is 18.8. The van der Waals surface area contributed by atoms with Gasteiger partial charge in [0.05, 0.1) is 29.0 Å². The third-order valence-corrected chi connectivity index (χ3v) is 6.91. The molecule has 0 bridgehead atoms. The molecule has 2 aromatic heterocycles. The lowest BCUT2D eigenvalue weighted by Gasteiger charge is -2.28. The maximum absolute atomic E-state index is 12.0. The normalized spacial score (nSPS) is 17.4. The second kappa shape index (κ2) is 9.35. The van der Waals surface area contributed by atoms with Crippen LogP contribution < -0.4 is 5.32 Å². The summed E-state index contributed by atoms with van der Waals surface area (Å²) in [7, 11) is 0. The Morgan fingerprint density at radius 1 is 1.03 bits per heavy atom. The minimum atomic E-state index is -0.949. The van der Waals surface area contributed by atoms with Crippen molar-refractivity contribution < 1.29 is 9.90 Å². The van der Waals surface area contributed by atoms with Gasteiger partial charge in [0.15, 0.2) is 5.11 Å². The molecule has 4 aromatic rings. The number of carboxylic acids is 1. The fourth-order valence-corrected chi connectivity index (χ4v) is 5.31. The van der Waals surface area contributed by atoms with Crippen molar-refractivity contribution in [2.75, 3.05) is 0 Å². The molecular formula is C28H26N4O2S. The Balaban J connectivity index is 1.65. The average Bonchev–Trinajstić information content (AvgIpc) is 3.35. The first-order chi connectivity index (χ1) is 17.0. The predicted molar refractivity (Wildman–Crippen MR) is 140 cm³/mol. The van der Waals surface area contributed by atoms with Gasteiger partial charge < -0.3 is 19.9 Å². The highest BCUT2D eigenvalue weighted by Gasteiger charge is 2.41. The smallest absolute Gasteiger partial charge is 0.337 e. The number of hydrogen-bond donors (Lipinski definition) is 2. The van der Waals surface area contributed by atoms with Crippen LogP contribution in [0.25, 0.3) is 5.69 Å². The Hall–Kier alpha value is -3.97. The van der Waals surface area contributed by atoms with Crippen LogP contribution in [-0.2, 0) is 6.54 Å². The quantitative estimate of drug-likeness (QED) is 0.361. The molecule has 0 spiro atoms. The standard InChI is InChI=1S/C28H26N4O2S/c1-18-16-22(19(2)32(18)24-14-7-6-12-21(24)27(33)34)26-25(23-13-8-9-15-29-23)30-28(35)31(26)17-20-10-4-3-5-11-20/h3-16,25-26H,17H2,1-2H3,(H,30,35)(H,33,34). The molecule has 1 aliphatic rings. The molecule has 2 unspecified atom stereocenters. The lowest BCUT2D eigenvalue weighted by atomic mass is 9.96. The van der Waals surface area contributed by atoms with Gasteiger partial charge in [-0.1, -0.05) is 48.5 Å². The first-order valence-corrected chi connectivity index (χ1v) is 11.9. The van der Waals surface area contributed by atoms with Gasteiger partial charge in [-0.2, -0.15) is 0 Å². The van der Waals surface area contributed by atoms with Gasteiger partial charge >= 0.3 is 5.97 Å². The van der Waals surface area contributed by atoms with E-state index in [1.165, 1.54) is 0 Å². The highest BCUT2D eigenvalue weighted by molar-refractivity contribution is 7.80. The van der Waals surface area contributed by atoms with Crippen molar-refractivity contribution in [3.05, 3.63) is 119 Å². The zero-order chi connectivity index (χ0) is 24.5. The van der Waals surface area contributed by atoms with Gasteiger partial charge in [0, 0.05) is 24.1 Å². The highest BCUT2D eigenvalue weighted by atomic mass is 32.1. The zero-order valence-corrected chi connectivity index (χ0v) is 20.4. The Kier molecular flexibility index (Phi) is 6.09. The molecule has 1 aliphatic heterocycles. The number of nitrogens with zero attached hydrogens (tertiary/aromatic N) is 3. The second-order valence-electron chi connectivity index (χ2n) is 8.72. The third kappa shape index (κ3) is 4.19. The summed E-state index contributed by atoms with van der Waals surface area (Å²) < 4.78 is 2.02. The van der Waals surface area contributed by atoms with Gasteiger partial charge in [0.1, 0.15) is 0 Å². The van der Waals surface area contributed by atoms with E-state index in [1.807, 2.05) is 66.9 Å². The Labute approximate surface area is 209 Å². The SMILES string of the molecule is Cc1cc(C2C(c3ccccn3)NC(=S)N2Cc2ccccc2)c(C)n1-c1ccccc1C(=O)O. The van der Waals surface area contributed by atoms with Gasteiger partial charge in [-0.3, -0.25) is 4.98 Å². The monoisotopic (exact) mass is 482 g/mol. The van der Waals surface area contributed by atoms with Crippen LogP contribution in [0.2, 0.25) is 0 Å². The molecule has 2 N–H and O–H groups in total. The van der Waals surface area contributed by atoms with Crippen LogP contribution in [0.3, 0.4) is 0 Å². The molecule has 0 saturated carbocycles. The molecule has 0 amide bonds. The van der Waals surface area contributed by atoms with Crippen LogP contribution in [0.15, 0.2) is 85.1 Å². The van der Waals surface area contributed by atoms with Crippen molar-refractivity contribution in [3.63, 3.8) is 0 Å². The number of para-hydroxylation sites is 1. The van der Waals surface area contributed by atoms with E-state index in [0.717, 1.165) is 28.2 Å². The lowest BCUT2D eigenvalue weighted by molar-refractivity contribution is 0.0697. The summed E-state index contributed by atoms with van der Waals surface area (Å²) in [6.07, 6.45) is 1.80. The van der Waals surface area contributed by atoms with Gasteiger partial charge in [-0.15, -0.1) is 0 Å². The molecule has 2 aromatic carbocycles. The molecule has 6 nitrogen and oxygen atoms in total. The highest BCUT2D eigenvalue weighted by Crippen LogP contribution is 2.42. The first kappa shape index (κ1) is 22.8. The number of thiocarbonyl (C=S) groups is 1. The average molecular weight is 483 g/mol. The lowest BCUT2D eigenvalue weighted by Crippen LogP contribution is -2.29. The van der Waals surface area contributed by atoms with Crippen LogP contribution in [0.1, 0.15) is 50.7 Å². The number of aromatic carboxylic acids is 1. The van der Waals surface area contributed by atoms with Crippen molar-refractivity contribution >= 4 is 23.3 Å². The number of nitrogens with one attached hydrogen (secondary N) is 1.